The van der Waals surface area contributed by atoms with Crippen LogP contribution < -0.4 is 4.74 Å². The molecule has 2 aromatic carbocycles. The standard InChI is InChI=1S/C29H36N2O5/c1-3-4-5-18-36-24-12-10-22(11-13-24)26-25(27(32)23-8-6-21(2)7-9-23)28(33)29(34)31(26)15-14-30-16-19-35-20-17-30/h6-13,26,32H,3-5,14-20H2,1-2H3. The van der Waals surface area contributed by atoms with Crippen LogP contribution in [0.4, 0.5) is 0 Å². The van der Waals surface area contributed by atoms with E-state index in [1.165, 1.54) is 0 Å². The number of morpholine rings is 1. The molecule has 1 atom stereocenters. The van der Waals surface area contributed by atoms with E-state index in [0.29, 0.717) is 38.5 Å². The van der Waals surface area contributed by atoms with Gasteiger partial charge in [-0.15, -0.1) is 0 Å². The molecule has 2 aromatic rings. The number of aliphatic hydroxyl groups excluding tert-OH is 1. The highest BCUT2D eigenvalue weighted by atomic mass is 16.5. The van der Waals surface area contributed by atoms with Crippen molar-refractivity contribution in [2.24, 2.45) is 0 Å². The molecule has 1 amide bonds. The highest BCUT2D eigenvalue weighted by molar-refractivity contribution is 6.46. The fourth-order valence-corrected chi connectivity index (χ4v) is 4.69. The number of hydrogen-bond donors (Lipinski definition) is 1. The Labute approximate surface area is 213 Å². The minimum Gasteiger partial charge on any atom is -0.507 e. The van der Waals surface area contributed by atoms with Crippen molar-refractivity contribution in [3.8, 4) is 5.75 Å². The molecule has 0 aliphatic carbocycles. The second-order valence-corrected chi connectivity index (χ2v) is 9.44. The van der Waals surface area contributed by atoms with Crippen molar-refractivity contribution < 1.29 is 24.2 Å². The fraction of sp³-hybridized carbons (Fsp3) is 0.448. The number of aryl methyl sites for hydroxylation is 1. The second kappa shape index (κ2) is 12.2. The van der Waals surface area contributed by atoms with E-state index in [1.807, 2.05) is 43.3 Å². The first kappa shape index (κ1) is 25.9. The Balaban J connectivity index is 1.64. The summed E-state index contributed by atoms with van der Waals surface area (Å²) in [5, 5.41) is 11.2. The van der Waals surface area contributed by atoms with E-state index < -0.39 is 17.7 Å². The molecule has 1 N–H and O–H groups in total. The number of aliphatic hydroxyl groups is 1. The predicted octanol–water partition coefficient (Wildman–Crippen LogP) is 4.32. The zero-order valence-corrected chi connectivity index (χ0v) is 21.2. The highest BCUT2D eigenvalue weighted by Gasteiger charge is 2.46. The van der Waals surface area contributed by atoms with Crippen LogP contribution in [0.1, 0.15) is 48.9 Å². The van der Waals surface area contributed by atoms with Crippen LogP contribution in [-0.2, 0) is 14.3 Å². The lowest BCUT2D eigenvalue weighted by molar-refractivity contribution is -0.140. The Morgan fingerprint density at radius 1 is 1.00 bits per heavy atom. The van der Waals surface area contributed by atoms with E-state index in [0.717, 1.165) is 49.2 Å². The molecule has 192 valence electrons. The highest BCUT2D eigenvalue weighted by Crippen LogP contribution is 2.39. The lowest BCUT2D eigenvalue weighted by Gasteiger charge is -2.31. The lowest BCUT2D eigenvalue weighted by atomic mass is 9.95. The lowest BCUT2D eigenvalue weighted by Crippen LogP contribution is -2.42. The summed E-state index contributed by atoms with van der Waals surface area (Å²) in [4.78, 5) is 30.3. The number of carbonyl (C=O) groups is 2. The van der Waals surface area contributed by atoms with Crippen LogP contribution in [0.5, 0.6) is 5.75 Å². The van der Waals surface area contributed by atoms with Crippen molar-refractivity contribution in [1.29, 1.82) is 0 Å². The number of hydrogen-bond acceptors (Lipinski definition) is 6. The third-order valence-corrected chi connectivity index (χ3v) is 6.84. The molecule has 2 saturated heterocycles. The number of Topliss-reactive ketones (excluding diaryl/α,β-unsaturated/α-hetero) is 1. The van der Waals surface area contributed by atoms with Crippen LogP contribution in [0.25, 0.3) is 5.76 Å². The molecule has 36 heavy (non-hydrogen) atoms. The molecule has 7 heteroatoms. The van der Waals surface area contributed by atoms with Gasteiger partial charge in [0.25, 0.3) is 11.7 Å². The van der Waals surface area contributed by atoms with E-state index >= 15 is 0 Å². The third-order valence-electron chi connectivity index (χ3n) is 6.84. The Bertz CT molecular complexity index is 1070. The van der Waals surface area contributed by atoms with Crippen LogP contribution in [-0.4, -0.2) is 72.6 Å². The quantitative estimate of drug-likeness (QED) is 0.230. The van der Waals surface area contributed by atoms with Crippen LogP contribution >= 0.6 is 0 Å². The minimum atomic E-state index is -0.665. The van der Waals surface area contributed by atoms with Gasteiger partial charge in [0, 0.05) is 31.7 Å². The van der Waals surface area contributed by atoms with Crippen molar-refractivity contribution >= 4 is 17.4 Å². The van der Waals surface area contributed by atoms with Crippen LogP contribution in [0, 0.1) is 6.92 Å². The molecule has 0 radical (unpaired) electrons. The minimum absolute atomic E-state index is 0.127. The number of rotatable bonds is 10. The van der Waals surface area contributed by atoms with Gasteiger partial charge in [0.2, 0.25) is 0 Å². The second-order valence-electron chi connectivity index (χ2n) is 9.44. The average Bonchev–Trinajstić information content (AvgIpc) is 3.16. The molecule has 7 nitrogen and oxygen atoms in total. The summed E-state index contributed by atoms with van der Waals surface area (Å²) in [5.41, 5.74) is 2.46. The molecule has 4 rings (SSSR count). The largest absolute Gasteiger partial charge is 0.507 e. The number of unbranched alkanes of at least 4 members (excludes halogenated alkanes) is 2. The van der Waals surface area contributed by atoms with E-state index in [9.17, 15) is 14.7 Å². The molecular weight excluding hydrogens is 456 g/mol. The fourth-order valence-electron chi connectivity index (χ4n) is 4.69. The van der Waals surface area contributed by atoms with Gasteiger partial charge in [-0.25, -0.2) is 0 Å². The van der Waals surface area contributed by atoms with Gasteiger partial charge in [-0.2, -0.15) is 0 Å². The molecule has 0 bridgehead atoms. The Hall–Kier alpha value is -3.16. The van der Waals surface area contributed by atoms with Gasteiger partial charge in [-0.3, -0.25) is 14.5 Å². The Kier molecular flexibility index (Phi) is 8.78. The zero-order chi connectivity index (χ0) is 25.5. The van der Waals surface area contributed by atoms with Crippen molar-refractivity contribution in [3.05, 3.63) is 70.8 Å². The number of likely N-dealkylation sites (tertiary alicyclic amines) is 1. The first-order valence-electron chi connectivity index (χ1n) is 12.9. The number of ketones is 1. The maximum atomic E-state index is 13.2. The summed E-state index contributed by atoms with van der Waals surface area (Å²) in [6, 6.07) is 14.1. The normalized spacial score (nSPS) is 20.2. The van der Waals surface area contributed by atoms with Gasteiger partial charge in [0.1, 0.15) is 11.5 Å². The average molecular weight is 493 g/mol. The molecule has 2 aliphatic heterocycles. The van der Waals surface area contributed by atoms with Gasteiger partial charge in [0.05, 0.1) is 31.4 Å². The molecule has 1 unspecified atom stereocenters. The van der Waals surface area contributed by atoms with E-state index in [1.54, 1.807) is 17.0 Å². The van der Waals surface area contributed by atoms with Gasteiger partial charge < -0.3 is 19.5 Å². The number of carbonyl (C=O) groups excluding carboxylic acids is 2. The maximum absolute atomic E-state index is 13.2. The SMILES string of the molecule is CCCCCOc1ccc(C2C(=C(O)c3ccc(C)cc3)C(=O)C(=O)N2CCN2CCOCC2)cc1. The summed E-state index contributed by atoms with van der Waals surface area (Å²) < 4.78 is 11.3. The number of benzene rings is 2. The molecular formula is C29H36N2O5. The van der Waals surface area contributed by atoms with Crippen molar-refractivity contribution in [2.45, 2.75) is 39.2 Å². The van der Waals surface area contributed by atoms with E-state index in [2.05, 4.69) is 11.8 Å². The molecule has 0 aromatic heterocycles. The molecule has 2 fully saturated rings. The van der Waals surface area contributed by atoms with Gasteiger partial charge >= 0.3 is 0 Å². The molecule has 2 heterocycles. The van der Waals surface area contributed by atoms with Crippen LogP contribution in [0.2, 0.25) is 0 Å². The van der Waals surface area contributed by atoms with E-state index in [4.69, 9.17) is 9.47 Å². The van der Waals surface area contributed by atoms with Crippen molar-refractivity contribution in [1.82, 2.24) is 9.80 Å². The molecule has 0 saturated carbocycles. The monoisotopic (exact) mass is 492 g/mol. The first-order chi connectivity index (χ1) is 17.5. The molecule has 2 aliphatic rings. The van der Waals surface area contributed by atoms with Gasteiger partial charge in [0.15, 0.2) is 0 Å². The number of amides is 1. The summed E-state index contributed by atoms with van der Waals surface area (Å²) in [6.07, 6.45) is 3.25. The number of ether oxygens (including phenoxy) is 2. The maximum Gasteiger partial charge on any atom is 0.295 e. The van der Waals surface area contributed by atoms with Crippen molar-refractivity contribution in [3.63, 3.8) is 0 Å². The van der Waals surface area contributed by atoms with Crippen LogP contribution in [0.3, 0.4) is 0 Å². The third kappa shape index (κ3) is 5.97. The first-order valence-corrected chi connectivity index (χ1v) is 12.9. The zero-order valence-electron chi connectivity index (χ0n) is 21.2. The number of nitrogens with zero attached hydrogens (tertiary/aromatic N) is 2. The summed E-state index contributed by atoms with van der Waals surface area (Å²) in [5.74, 6) is -0.632. The predicted molar refractivity (Wildman–Crippen MR) is 139 cm³/mol. The van der Waals surface area contributed by atoms with E-state index in [-0.39, 0.29) is 11.3 Å². The van der Waals surface area contributed by atoms with Crippen molar-refractivity contribution in [2.75, 3.05) is 46.0 Å². The smallest absolute Gasteiger partial charge is 0.295 e. The van der Waals surface area contributed by atoms with Gasteiger partial charge in [-0.05, 0) is 31.0 Å². The van der Waals surface area contributed by atoms with Gasteiger partial charge in [-0.1, -0.05) is 61.7 Å². The summed E-state index contributed by atoms with van der Waals surface area (Å²) >= 11 is 0. The molecule has 0 spiro atoms. The summed E-state index contributed by atoms with van der Waals surface area (Å²) in [7, 11) is 0. The van der Waals surface area contributed by atoms with Crippen LogP contribution in [0.15, 0.2) is 54.1 Å². The Morgan fingerprint density at radius 3 is 2.36 bits per heavy atom. The Morgan fingerprint density at radius 2 is 1.69 bits per heavy atom. The topological polar surface area (TPSA) is 79.3 Å². The summed E-state index contributed by atoms with van der Waals surface area (Å²) in [6.45, 7) is 8.69.